The second-order valence-corrected chi connectivity index (χ2v) is 4.02. The van der Waals surface area contributed by atoms with Crippen LogP contribution in [0.5, 0.6) is 0 Å². The standard InChI is InChI=1S/C11H12N4S/c1-16-9-4-2-8(3-5-9)10-6-7-13-11(14-10)15-12/h2-7H,12H2,1H3,(H,13,14,15). The van der Waals surface area contributed by atoms with E-state index in [1.807, 2.05) is 18.2 Å². The Morgan fingerprint density at radius 1 is 1.19 bits per heavy atom. The van der Waals surface area contributed by atoms with Crippen molar-refractivity contribution in [2.24, 2.45) is 5.84 Å². The van der Waals surface area contributed by atoms with Gasteiger partial charge in [0, 0.05) is 16.7 Å². The molecule has 0 saturated heterocycles. The van der Waals surface area contributed by atoms with E-state index in [0.29, 0.717) is 5.95 Å². The van der Waals surface area contributed by atoms with Crippen LogP contribution in [0.1, 0.15) is 0 Å². The van der Waals surface area contributed by atoms with Crippen LogP contribution in [0.3, 0.4) is 0 Å². The first kappa shape index (κ1) is 10.9. The highest BCUT2D eigenvalue weighted by Crippen LogP contribution is 2.21. The van der Waals surface area contributed by atoms with Crippen molar-refractivity contribution in [1.29, 1.82) is 0 Å². The van der Waals surface area contributed by atoms with Crippen molar-refractivity contribution in [3.8, 4) is 11.3 Å². The van der Waals surface area contributed by atoms with Gasteiger partial charge in [0.25, 0.3) is 0 Å². The largest absolute Gasteiger partial charge is 0.292 e. The second-order valence-electron chi connectivity index (χ2n) is 3.14. The zero-order chi connectivity index (χ0) is 11.4. The number of aromatic nitrogens is 2. The van der Waals surface area contributed by atoms with Crippen molar-refractivity contribution in [3.63, 3.8) is 0 Å². The van der Waals surface area contributed by atoms with Crippen LogP contribution in [0.15, 0.2) is 41.4 Å². The first-order valence-corrected chi connectivity index (χ1v) is 6.00. The van der Waals surface area contributed by atoms with Gasteiger partial charge in [-0.05, 0) is 24.5 Å². The number of nitrogens with two attached hydrogens (primary N) is 1. The van der Waals surface area contributed by atoms with Crippen LogP contribution in [-0.4, -0.2) is 16.2 Å². The van der Waals surface area contributed by atoms with Crippen molar-refractivity contribution in [3.05, 3.63) is 36.5 Å². The van der Waals surface area contributed by atoms with Gasteiger partial charge < -0.3 is 0 Å². The molecule has 16 heavy (non-hydrogen) atoms. The van der Waals surface area contributed by atoms with Crippen LogP contribution in [0.2, 0.25) is 0 Å². The van der Waals surface area contributed by atoms with E-state index in [2.05, 4.69) is 33.8 Å². The number of anilines is 1. The Bertz CT molecular complexity index is 470. The van der Waals surface area contributed by atoms with Crippen molar-refractivity contribution in [1.82, 2.24) is 9.97 Å². The third kappa shape index (κ3) is 2.32. The van der Waals surface area contributed by atoms with Gasteiger partial charge in [-0.1, -0.05) is 12.1 Å². The van der Waals surface area contributed by atoms with Gasteiger partial charge in [-0.3, -0.25) is 5.43 Å². The lowest BCUT2D eigenvalue weighted by Crippen LogP contribution is -2.10. The summed E-state index contributed by atoms with van der Waals surface area (Å²) in [5, 5.41) is 0. The maximum absolute atomic E-state index is 5.26. The van der Waals surface area contributed by atoms with E-state index in [1.54, 1.807) is 18.0 Å². The normalized spacial score (nSPS) is 10.1. The Kier molecular flexibility index (Phi) is 3.38. The molecule has 0 fully saturated rings. The minimum absolute atomic E-state index is 0.423. The lowest BCUT2D eigenvalue weighted by Gasteiger charge is -2.03. The van der Waals surface area contributed by atoms with Crippen LogP contribution in [0, 0.1) is 0 Å². The van der Waals surface area contributed by atoms with E-state index in [9.17, 15) is 0 Å². The monoisotopic (exact) mass is 232 g/mol. The van der Waals surface area contributed by atoms with E-state index < -0.39 is 0 Å². The summed E-state index contributed by atoms with van der Waals surface area (Å²) in [6.07, 6.45) is 3.73. The van der Waals surface area contributed by atoms with Gasteiger partial charge in [-0.25, -0.2) is 15.8 Å². The Morgan fingerprint density at radius 3 is 2.56 bits per heavy atom. The van der Waals surface area contributed by atoms with Crippen LogP contribution in [0.4, 0.5) is 5.95 Å². The smallest absolute Gasteiger partial charge is 0.237 e. The van der Waals surface area contributed by atoms with Gasteiger partial charge in [0.1, 0.15) is 0 Å². The summed E-state index contributed by atoms with van der Waals surface area (Å²) in [7, 11) is 0. The lowest BCUT2D eigenvalue weighted by molar-refractivity contribution is 1.12. The van der Waals surface area contributed by atoms with Gasteiger partial charge in [0.2, 0.25) is 5.95 Å². The minimum Gasteiger partial charge on any atom is -0.292 e. The molecule has 0 bridgehead atoms. The molecule has 2 rings (SSSR count). The molecule has 0 atom stereocenters. The fourth-order valence-electron chi connectivity index (χ4n) is 1.35. The number of benzene rings is 1. The zero-order valence-electron chi connectivity index (χ0n) is 8.84. The number of rotatable bonds is 3. The van der Waals surface area contributed by atoms with Crippen LogP contribution in [0.25, 0.3) is 11.3 Å². The fraction of sp³-hybridized carbons (Fsp3) is 0.0909. The highest BCUT2D eigenvalue weighted by atomic mass is 32.2. The number of hydrazine groups is 1. The van der Waals surface area contributed by atoms with E-state index >= 15 is 0 Å². The average molecular weight is 232 g/mol. The molecule has 0 spiro atoms. The Balaban J connectivity index is 2.34. The second kappa shape index (κ2) is 4.96. The molecule has 0 saturated carbocycles. The molecule has 0 aliphatic heterocycles. The van der Waals surface area contributed by atoms with Gasteiger partial charge in [0.15, 0.2) is 0 Å². The van der Waals surface area contributed by atoms with Crippen molar-refractivity contribution in [2.45, 2.75) is 4.90 Å². The molecule has 82 valence electrons. The topological polar surface area (TPSA) is 63.8 Å². The van der Waals surface area contributed by atoms with Crippen LogP contribution >= 0.6 is 11.8 Å². The SMILES string of the molecule is CSc1ccc(-c2ccnc(NN)n2)cc1. The quantitative estimate of drug-likeness (QED) is 0.482. The molecule has 3 N–H and O–H groups in total. The third-order valence-corrected chi connectivity index (χ3v) is 2.91. The van der Waals surface area contributed by atoms with Crippen molar-refractivity contribution < 1.29 is 0 Å². The average Bonchev–Trinajstić information content (AvgIpc) is 2.39. The molecule has 4 nitrogen and oxygen atoms in total. The fourth-order valence-corrected chi connectivity index (χ4v) is 1.76. The summed E-state index contributed by atoms with van der Waals surface area (Å²) in [5.41, 5.74) is 4.34. The Labute approximate surface area is 98.3 Å². The summed E-state index contributed by atoms with van der Waals surface area (Å²) in [5.74, 6) is 5.69. The molecule has 0 aliphatic rings. The predicted octanol–water partition coefficient (Wildman–Crippen LogP) is 2.15. The number of hydrogen-bond acceptors (Lipinski definition) is 5. The molecule has 1 aromatic carbocycles. The summed E-state index contributed by atoms with van der Waals surface area (Å²) >= 11 is 1.72. The molecule has 5 heteroatoms. The van der Waals surface area contributed by atoms with Crippen molar-refractivity contribution >= 4 is 17.7 Å². The molecular formula is C11H12N4S. The summed E-state index contributed by atoms with van der Waals surface area (Å²) in [6.45, 7) is 0. The molecular weight excluding hydrogens is 220 g/mol. The zero-order valence-corrected chi connectivity index (χ0v) is 9.66. The maximum atomic E-state index is 5.26. The van der Waals surface area contributed by atoms with Gasteiger partial charge in [-0.2, -0.15) is 0 Å². The number of hydrogen-bond donors (Lipinski definition) is 2. The molecule has 1 aromatic heterocycles. The summed E-state index contributed by atoms with van der Waals surface area (Å²) in [6, 6.07) is 10.1. The molecule has 1 heterocycles. The van der Waals surface area contributed by atoms with E-state index in [-0.39, 0.29) is 0 Å². The number of nitrogens with zero attached hydrogens (tertiary/aromatic N) is 2. The molecule has 0 unspecified atom stereocenters. The highest BCUT2D eigenvalue weighted by Gasteiger charge is 2.01. The lowest BCUT2D eigenvalue weighted by atomic mass is 10.1. The molecule has 2 aromatic rings. The van der Waals surface area contributed by atoms with Crippen LogP contribution < -0.4 is 11.3 Å². The van der Waals surface area contributed by atoms with E-state index in [1.165, 1.54) is 4.90 Å². The highest BCUT2D eigenvalue weighted by molar-refractivity contribution is 7.98. The van der Waals surface area contributed by atoms with Gasteiger partial charge in [-0.15, -0.1) is 11.8 Å². The maximum Gasteiger partial charge on any atom is 0.237 e. The first-order valence-electron chi connectivity index (χ1n) is 4.77. The van der Waals surface area contributed by atoms with E-state index in [4.69, 9.17) is 5.84 Å². The summed E-state index contributed by atoms with van der Waals surface area (Å²) < 4.78 is 0. The van der Waals surface area contributed by atoms with Gasteiger partial charge in [0.05, 0.1) is 5.69 Å². The molecule has 0 radical (unpaired) electrons. The number of nitrogens with one attached hydrogen (secondary N) is 1. The number of thioether (sulfide) groups is 1. The number of nitrogen functional groups attached to an aromatic ring is 1. The third-order valence-electron chi connectivity index (χ3n) is 2.17. The summed E-state index contributed by atoms with van der Waals surface area (Å²) in [4.78, 5) is 9.46. The molecule has 0 aliphatic carbocycles. The predicted molar refractivity (Wildman–Crippen MR) is 67.1 cm³/mol. The first-order chi connectivity index (χ1) is 7.83. The Hall–Kier alpha value is -1.59. The molecule has 0 amide bonds. The van der Waals surface area contributed by atoms with Crippen LogP contribution in [-0.2, 0) is 0 Å². The van der Waals surface area contributed by atoms with E-state index in [0.717, 1.165) is 11.3 Å². The minimum atomic E-state index is 0.423. The van der Waals surface area contributed by atoms with Gasteiger partial charge >= 0.3 is 0 Å². The van der Waals surface area contributed by atoms with Crippen molar-refractivity contribution in [2.75, 3.05) is 11.7 Å². The Morgan fingerprint density at radius 2 is 1.94 bits per heavy atom.